The molecule has 0 amide bonds. The highest BCUT2D eigenvalue weighted by Crippen LogP contribution is 2.32. The summed E-state index contributed by atoms with van der Waals surface area (Å²) >= 11 is 0. The fourth-order valence-electron chi connectivity index (χ4n) is 1.88. The molecule has 84 valence electrons. The molecule has 1 aromatic rings. The fraction of sp³-hybridized carbons (Fsp3) is 0.333. The topological polar surface area (TPSA) is 9.23 Å². The number of rotatable bonds is 2. The van der Waals surface area contributed by atoms with E-state index in [9.17, 15) is 0 Å². The van der Waals surface area contributed by atoms with Crippen LogP contribution in [0.5, 0.6) is 5.75 Å². The number of para-hydroxylation sites is 1. The minimum absolute atomic E-state index is 0.285. The van der Waals surface area contributed by atoms with Crippen LogP contribution in [0.3, 0.4) is 0 Å². The average molecular weight is 214 g/mol. The van der Waals surface area contributed by atoms with Gasteiger partial charge in [-0.25, -0.2) is 0 Å². The monoisotopic (exact) mass is 214 g/mol. The Morgan fingerprint density at radius 2 is 1.88 bits per heavy atom. The van der Waals surface area contributed by atoms with Crippen molar-refractivity contribution in [2.24, 2.45) is 5.41 Å². The second-order valence-corrected chi connectivity index (χ2v) is 5.02. The van der Waals surface area contributed by atoms with Crippen LogP contribution < -0.4 is 4.74 Å². The van der Waals surface area contributed by atoms with Crippen molar-refractivity contribution >= 4 is 0 Å². The Morgan fingerprint density at radius 1 is 1.12 bits per heavy atom. The van der Waals surface area contributed by atoms with Crippen molar-refractivity contribution in [2.45, 2.75) is 26.7 Å². The smallest absolute Gasteiger partial charge is 0.126 e. The molecule has 1 nitrogen and oxygen atoms in total. The molecular weight excluding hydrogens is 196 g/mol. The van der Waals surface area contributed by atoms with Gasteiger partial charge in [0, 0.05) is 6.42 Å². The van der Waals surface area contributed by atoms with Crippen molar-refractivity contribution in [1.29, 1.82) is 0 Å². The predicted molar refractivity (Wildman–Crippen MR) is 67.3 cm³/mol. The summed E-state index contributed by atoms with van der Waals surface area (Å²) in [5.74, 6) is 1.96. The lowest BCUT2D eigenvalue weighted by Gasteiger charge is -2.23. The second-order valence-electron chi connectivity index (χ2n) is 5.02. The van der Waals surface area contributed by atoms with Gasteiger partial charge < -0.3 is 4.74 Å². The summed E-state index contributed by atoms with van der Waals surface area (Å²) in [4.78, 5) is 0. The quantitative estimate of drug-likeness (QED) is 0.712. The third kappa shape index (κ3) is 2.99. The Morgan fingerprint density at radius 3 is 2.62 bits per heavy atom. The first kappa shape index (κ1) is 11.0. The molecule has 0 unspecified atom stereocenters. The van der Waals surface area contributed by atoms with Crippen molar-refractivity contribution in [1.82, 2.24) is 0 Å². The highest BCUT2D eigenvalue weighted by molar-refractivity contribution is 5.25. The van der Waals surface area contributed by atoms with Crippen LogP contribution >= 0.6 is 0 Å². The molecule has 2 rings (SSSR count). The van der Waals surface area contributed by atoms with Crippen LogP contribution in [0.1, 0.15) is 26.7 Å². The van der Waals surface area contributed by atoms with Gasteiger partial charge in [-0.2, -0.15) is 0 Å². The lowest BCUT2D eigenvalue weighted by molar-refractivity contribution is 0.298. The third-order valence-corrected chi connectivity index (χ3v) is 2.73. The number of benzene rings is 1. The van der Waals surface area contributed by atoms with Crippen molar-refractivity contribution in [3.63, 3.8) is 0 Å². The molecule has 0 aromatic heterocycles. The Bertz CT molecular complexity index is 399. The van der Waals surface area contributed by atoms with E-state index >= 15 is 0 Å². The maximum absolute atomic E-state index is 5.88. The van der Waals surface area contributed by atoms with E-state index in [-0.39, 0.29) is 5.41 Å². The van der Waals surface area contributed by atoms with Crippen molar-refractivity contribution in [3.8, 4) is 5.75 Å². The van der Waals surface area contributed by atoms with Crippen LogP contribution in [0.2, 0.25) is 0 Å². The van der Waals surface area contributed by atoms with Gasteiger partial charge in [0.1, 0.15) is 11.5 Å². The van der Waals surface area contributed by atoms with Crippen LogP contribution in [-0.2, 0) is 0 Å². The molecule has 0 saturated heterocycles. The van der Waals surface area contributed by atoms with Crippen LogP contribution in [0.15, 0.2) is 54.3 Å². The largest absolute Gasteiger partial charge is 0.462 e. The van der Waals surface area contributed by atoms with Gasteiger partial charge >= 0.3 is 0 Å². The zero-order valence-electron chi connectivity index (χ0n) is 9.94. The van der Waals surface area contributed by atoms with Crippen LogP contribution in [0.25, 0.3) is 0 Å². The van der Waals surface area contributed by atoms with Gasteiger partial charge in [-0.1, -0.05) is 44.2 Å². The summed E-state index contributed by atoms with van der Waals surface area (Å²) in [6.45, 7) is 4.54. The molecule has 0 fully saturated rings. The molecule has 16 heavy (non-hydrogen) atoms. The van der Waals surface area contributed by atoms with Crippen molar-refractivity contribution in [2.75, 3.05) is 0 Å². The molecule has 0 aliphatic heterocycles. The Balaban J connectivity index is 2.10. The Labute approximate surface area is 97.4 Å². The van der Waals surface area contributed by atoms with Gasteiger partial charge in [-0.3, -0.25) is 0 Å². The molecule has 0 heterocycles. The summed E-state index contributed by atoms with van der Waals surface area (Å²) in [5.41, 5.74) is 0.285. The van der Waals surface area contributed by atoms with E-state index in [4.69, 9.17) is 4.74 Å². The molecular formula is C15H18O. The molecule has 0 N–H and O–H groups in total. The van der Waals surface area contributed by atoms with Gasteiger partial charge in [-0.15, -0.1) is 0 Å². The molecule has 0 radical (unpaired) electrons. The molecule has 1 aliphatic carbocycles. The van der Waals surface area contributed by atoms with Crippen LogP contribution in [0, 0.1) is 5.41 Å². The van der Waals surface area contributed by atoms with Gasteiger partial charge in [0.05, 0.1) is 0 Å². The van der Waals surface area contributed by atoms with E-state index in [1.165, 1.54) is 0 Å². The van der Waals surface area contributed by atoms with Gasteiger partial charge in [0.25, 0.3) is 0 Å². The van der Waals surface area contributed by atoms with E-state index in [0.29, 0.717) is 0 Å². The van der Waals surface area contributed by atoms with Crippen LogP contribution in [-0.4, -0.2) is 0 Å². The maximum Gasteiger partial charge on any atom is 0.126 e. The molecule has 1 aromatic carbocycles. The van der Waals surface area contributed by atoms with Gasteiger partial charge in [0.15, 0.2) is 0 Å². The molecule has 0 spiro atoms. The molecule has 0 atom stereocenters. The highest BCUT2D eigenvalue weighted by Gasteiger charge is 2.20. The summed E-state index contributed by atoms with van der Waals surface area (Å²) in [6.07, 6.45) is 8.45. The summed E-state index contributed by atoms with van der Waals surface area (Å²) in [6, 6.07) is 9.96. The zero-order valence-corrected chi connectivity index (χ0v) is 9.94. The Hall–Kier alpha value is -1.50. The van der Waals surface area contributed by atoms with Gasteiger partial charge in [0.2, 0.25) is 0 Å². The third-order valence-electron chi connectivity index (χ3n) is 2.73. The first-order valence-electron chi connectivity index (χ1n) is 5.74. The normalized spacial score (nSPS) is 18.8. The highest BCUT2D eigenvalue weighted by atomic mass is 16.5. The molecule has 1 aliphatic rings. The molecule has 0 saturated carbocycles. The van der Waals surface area contributed by atoms with Gasteiger partial charge in [-0.05, 0) is 30.0 Å². The number of ether oxygens (including phenoxy) is 1. The maximum atomic E-state index is 5.88. The number of hydrogen-bond acceptors (Lipinski definition) is 1. The van der Waals surface area contributed by atoms with Crippen LogP contribution in [0.4, 0.5) is 0 Å². The predicted octanol–water partition coefficient (Wildman–Crippen LogP) is 4.33. The lowest BCUT2D eigenvalue weighted by Crippen LogP contribution is -2.12. The van der Waals surface area contributed by atoms with E-state index < -0.39 is 0 Å². The fourth-order valence-corrected chi connectivity index (χ4v) is 1.88. The van der Waals surface area contributed by atoms with E-state index in [2.05, 4.69) is 32.1 Å². The lowest BCUT2D eigenvalue weighted by atomic mass is 9.86. The van der Waals surface area contributed by atoms with Crippen molar-refractivity contribution in [3.05, 3.63) is 54.3 Å². The first-order chi connectivity index (χ1) is 7.66. The summed E-state index contributed by atoms with van der Waals surface area (Å²) < 4.78 is 5.88. The molecule has 0 bridgehead atoms. The number of hydrogen-bond donors (Lipinski definition) is 0. The van der Waals surface area contributed by atoms with E-state index in [1.54, 1.807) is 0 Å². The summed E-state index contributed by atoms with van der Waals surface area (Å²) in [5, 5.41) is 0. The van der Waals surface area contributed by atoms with E-state index in [1.807, 2.05) is 30.3 Å². The molecule has 1 heteroatoms. The summed E-state index contributed by atoms with van der Waals surface area (Å²) in [7, 11) is 0. The SMILES string of the molecule is CC1(C)CC=CC=C(Oc2ccccc2)C1. The standard InChI is InChI=1S/C15H18O/c1-15(2)11-7-6-10-14(12-15)16-13-8-4-3-5-9-13/h3-10H,11-12H2,1-2H3. The Kier molecular flexibility index (Phi) is 3.14. The first-order valence-corrected chi connectivity index (χ1v) is 5.74. The van der Waals surface area contributed by atoms with Crippen molar-refractivity contribution < 1.29 is 4.74 Å². The second kappa shape index (κ2) is 4.56. The minimum atomic E-state index is 0.285. The number of allylic oxidation sites excluding steroid dienone is 4. The zero-order chi connectivity index (χ0) is 11.4. The minimum Gasteiger partial charge on any atom is -0.462 e. The average Bonchev–Trinajstić information content (AvgIpc) is 2.40. The van der Waals surface area contributed by atoms with E-state index in [0.717, 1.165) is 24.4 Å².